The molecule has 0 unspecified atom stereocenters. The van der Waals surface area contributed by atoms with Crippen molar-refractivity contribution in [1.29, 1.82) is 0 Å². The zero-order valence-corrected chi connectivity index (χ0v) is 31.4. The quantitative estimate of drug-likeness (QED) is 0.182. The fourth-order valence-corrected chi connectivity index (χ4v) is 12.6. The number of H-pyrrole nitrogens is 1. The van der Waals surface area contributed by atoms with Crippen LogP contribution in [0.5, 0.6) is 0 Å². The van der Waals surface area contributed by atoms with Crippen LogP contribution in [0.15, 0.2) is 119 Å². The van der Waals surface area contributed by atoms with Crippen molar-refractivity contribution in [2.75, 3.05) is 0 Å². The number of nitrogens with zero attached hydrogens (tertiary/aromatic N) is 1. The first-order valence-corrected chi connectivity index (χ1v) is 19.7. The topological polar surface area (TPSA) is 20.7 Å². The Labute approximate surface area is 309 Å². The highest BCUT2D eigenvalue weighted by atomic mass is 32.2. The third-order valence-corrected chi connectivity index (χ3v) is 14.8. The average molecular weight is 689 g/mol. The van der Waals surface area contributed by atoms with E-state index in [9.17, 15) is 0 Å². The lowest BCUT2D eigenvalue weighted by molar-refractivity contribution is 0.612. The molecule has 5 aliphatic rings. The van der Waals surface area contributed by atoms with E-state index < -0.39 is 0 Å². The molecule has 0 saturated carbocycles. The molecule has 0 bridgehead atoms. The van der Waals surface area contributed by atoms with Crippen LogP contribution in [0.4, 0.5) is 0 Å². The number of para-hydroxylation sites is 2. The van der Waals surface area contributed by atoms with Gasteiger partial charge in [-0.15, -0.1) is 0 Å². The molecule has 1 N–H and O–H groups in total. The van der Waals surface area contributed by atoms with Crippen LogP contribution >= 0.6 is 11.8 Å². The van der Waals surface area contributed by atoms with Gasteiger partial charge in [-0.05, 0) is 69.5 Å². The van der Waals surface area contributed by atoms with Crippen molar-refractivity contribution in [3.8, 4) is 39.2 Å². The summed E-state index contributed by atoms with van der Waals surface area (Å²) in [4.78, 5) is 6.81. The number of aromatic nitrogens is 2. The van der Waals surface area contributed by atoms with E-state index in [1.54, 1.807) is 5.57 Å². The fourth-order valence-electron chi connectivity index (χ4n) is 11.4. The van der Waals surface area contributed by atoms with E-state index >= 15 is 0 Å². The summed E-state index contributed by atoms with van der Waals surface area (Å²) in [6.07, 6.45) is 7.08. The molecule has 0 spiro atoms. The number of hydrogen-bond donors (Lipinski definition) is 1. The molecule has 3 heterocycles. The van der Waals surface area contributed by atoms with E-state index in [0.717, 1.165) is 12.8 Å². The molecule has 252 valence electrons. The van der Waals surface area contributed by atoms with Gasteiger partial charge in [0.05, 0.1) is 28.1 Å². The summed E-state index contributed by atoms with van der Waals surface area (Å²) in [5.41, 5.74) is 23.3. The molecule has 2 aromatic heterocycles. The average Bonchev–Trinajstić information content (AvgIpc) is 3.89. The van der Waals surface area contributed by atoms with Crippen LogP contribution < -0.4 is 0 Å². The molecule has 0 amide bonds. The van der Waals surface area contributed by atoms with E-state index in [4.69, 9.17) is 0 Å². The van der Waals surface area contributed by atoms with Crippen molar-refractivity contribution in [3.05, 3.63) is 142 Å². The lowest BCUT2D eigenvalue weighted by Crippen LogP contribution is -2.18. The molecule has 5 aromatic carbocycles. The Morgan fingerprint density at radius 1 is 0.654 bits per heavy atom. The molecular weight excluding hydrogens is 649 g/mol. The lowest BCUT2D eigenvalue weighted by atomic mass is 9.77. The summed E-state index contributed by atoms with van der Waals surface area (Å²) in [5, 5.41) is 2.74. The summed E-state index contributed by atoms with van der Waals surface area (Å²) in [6, 6.07) is 34.8. The Balaban J connectivity index is 1.25. The van der Waals surface area contributed by atoms with Gasteiger partial charge in [0.25, 0.3) is 0 Å². The monoisotopic (exact) mass is 688 g/mol. The van der Waals surface area contributed by atoms with Crippen molar-refractivity contribution >= 4 is 39.1 Å². The molecular formula is C49H40N2S. The number of benzene rings is 5. The molecule has 4 aliphatic carbocycles. The Bertz CT molecular complexity index is 2900. The van der Waals surface area contributed by atoms with Gasteiger partial charge in [-0.1, -0.05) is 150 Å². The Kier molecular flexibility index (Phi) is 5.30. The van der Waals surface area contributed by atoms with E-state index in [0.29, 0.717) is 0 Å². The highest BCUT2D eigenvalue weighted by Gasteiger charge is 2.46. The van der Waals surface area contributed by atoms with Crippen LogP contribution in [-0.4, -0.2) is 9.55 Å². The zero-order chi connectivity index (χ0) is 35.1. The minimum atomic E-state index is -0.172. The smallest absolute Gasteiger partial charge is 0.0678 e. The fraction of sp³-hybridized carbons (Fsp3) is 0.224. The second kappa shape index (κ2) is 9.32. The van der Waals surface area contributed by atoms with Crippen LogP contribution in [0, 0.1) is 0 Å². The molecule has 0 fully saturated rings. The van der Waals surface area contributed by atoms with Crippen LogP contribution in [0.2, 0.25) is 0 Å². The molecule has 0 saturated heterocycles. The highest BCUT2D eigenvalue weighted by molar-refractivity contribution is 8.00. The van der Waals surface area contributed by atoms with Gasteiger partial charge in [0.15, 0.2) is 0 Å². The van der Waals surface area contributed by atoms with E-state index in [-0.39, 0.29) is 16.2 Å². The SMILES string of the molecule is CC1(C)C2=C(C=CCC2)c2c1c1cccc3c1n2-c1cc2c(c(-c4cccc5c6c([nH]c45)-c4ccccc4C6(C)C)c1S3)C(C)(C)c1ccccc1-2. The van der Waals surface area contributed by atoms with Crippen molar-refractivity contribution in [1.82, 2.24) is 9.55 Å². The van der Waals surface area contributed by atoms with Gasteiger partial charge < -0.3 is 9.55 Å². The maximum absolute atomic E-state index is 4.09. The molecule has 0 atom stereocenters. The third kappa shape index (κ3) is 3.24. The molecule has 0 radical (unpaired) electrons. The normalized spacial score (nSPS) is 18.7. The Morgan fingerprint density at radius 3 is 2.17 bits per heavy atom. The number of aromatic amines is 1. The summed E-state index contributed by atoms with van der Waals surface area (Å²) in [7, 11) is 0. The number of hydrogen-bond acceptors (Lipinski definition) is 1. The summed E-state index contributed by atoms with van der Waals surface area (Å²) >= 11 is 1.99. The molecule has 7 aromatic rings. The summed E-state index contributed by atoms with van der Waals surface area (Å²) in [5.74, 6) is 0. The van der Waals surface area contributed by atoms with Crippen LogP contribution in [0.1, 0.15) is 87.9 Å². The second-order valence-corrected chi connectivity index (χ2v) is 18.3. The van der Waals surface area contributed by atoms with E-state index in [1.165, 1.54) is 110 Å². The molecule has 12 rings (SSSR count). The van der Waals surface area contributed by atoms with Crippen molar-refractivity contribution < 1.29 is 0 Å². The van der Waals surface area contributed by atoms with E-state index in [1.807, 2.05) is 11.8 Å². The zero-order valence-electron chi connectivity index (χ0n) is 30.6. The third-order valence-electron chi connectivity index (χ3n) is 13.6. The number of rotatable bonds is 1. The van der Waals surface area contributed by atoms with Crippen molar-refractivity contribution in [3.63, 3.8) is 0 Å². The molecule has 3 heteroatoms. The minimum Gasteiger partial charge on any atom is -0.354 e. The summed E-state index contributed by atoms with van der Waals surface area (Å²) in [6.45, 7) is 14.6. The summed E-state index contributed by atoms with van der Waals surface area (Å²) < 4.78 is 2.69. The first kappa shape index (κ1) is 29.6. The predicted molar refractivity (Wildman–Crippen MR) is 218 cm³/mol. The number of fused-ring (bicyclic) bond motifs is 14. The maximum atomic E-state index is 4.09. The first-order valence-electron chi connectivity index (χ1n) is 18.9. The van der Waals surface area contributed by atoms with Crippen molar-refractivity contribution in [2.45, 2.75) is 80.4 Å². The first-order chi connectivity index (χ1) is 25.1. The molecule has 52 heavy (non-hydrogen) atoms. The van der Waals surface area contributed by atoms with Gasteiger partial charge in [-0.25, -0.2) is 0 Å². The Morgan fingerprint density at radius 2 is 1.35 bits per heavy atom. The van der Waals surface area contributed by atoms with E-state index in [2.05, 4.69) is 154 Å². The Hall–Kier alpha value is -4.99. The standard InChI is InChI=1S/C49H40N2S/c1-47(2)33-21-10-7-15-26(33)32-25-36-46(52-37-24-14-20-31-41-45(51(36)44(31)37)28-17-9-12-23-35(28)49(41,5)6)38(39(32)47)29-18-13-19-30-40-43(50-42(29)30)27-16-8-11-22-34(27)48(40,3)4/h7-11,13-22,24-25,50H,12,23H2,1-6H3. The lowest BCUT2D eigenvalue weighted by Gasteiger charge is -2.31. The predicted octanol–water partition coefficient (Wildman–Crippen LogP) is 13.3. The van der Waals surface area contributed by atoms with Crippen LogP contribution in [0.3, 0.4) is 0 Å². The minimum absolute atomic E-state index is 0.0135. The second-order valence-electron chi connectivity index (χ2n) is 17.2. The largest absolute Gasteiger partial charge is 0.354 e. The highest BCUT2D eigenvalue weighted by Crippen LogP contribution is 2.63. The molecule has 1 aliphatic heterocycles. The number of nitrogens with one attached hydrogen (secondary N) is 1. The van der Waals surface area contributed by atoms with Gasteiger partial charge in [0.1, 0.15) is 0 Å². The van der Waals surface area contributed by atoms with Gasteiger partial charge in [-0.2, -0.15) is 0 Å². The van der Waals surface area contributed by atoms with Crippen LogP contribution in [0.25, 0.3) is 66.6 Å². The van der Waals surface area contributed by atoms with Gasteiger partial charge in [-0.3, -0.25) is 0 Å². The maximum Gasteiger partial charge on any atom is 0.0678 e. The van der Waals surface area contributed by atoms with Gasteiger partial charge in [0, 0.05) is 53.5 Å². The van der Waals surface area contributed by atoms with Crippen molar-refractivity contribution in [2.24, 2.45) is 0 Å². The van der Waals surface area contributed by atoms with Gasteiger partial charge >= 0.3 is 0 Å². The van der Waals surface area contributed by atoms with Gasteiger partial charge in [0.2, 0.25) is 0 Å². The molecule has 2 nitrogen and oxygen atoms in total. The van der Waals surface area contributed by atoms with Crippen LogP contribution in [-0.2, 0) is 16.2 Å². The number of allylic oxidation sites excluding steroid dienone is 4.